The molecule has 1 nitrogen and oxygen atoms in total. The fourth-order valence-corrected chi connectivity index (χ4v) is 1.33. The summed E-state index contributed by atoms with van der Waals surface area (Å²) < 4.78 is 0. The first kappa shape index (κ1) is 11.0. The van der Waals surface area contributed by atoms with E-state index in [1.54, 1.807) is 0 Å². The van der Waals surface area contributed by atoms with Crippen LogP contribution in [0.2, 0.25) is 0 Å². The van der Waals surface area contributed by atoms with Crippen LogP contribution in [0.15, 0.2) is 0 Å². The molecule has 0 aromatic heterocycles. The number of rotatable bonds is 5. The van der Waals surface area contributed by atoms with Gasteiger partial charge in [0.05, 0.1) is 0 Å². The van der Waals surface area contributed by atoms with Crippen molar-refractivity contribution in [2.75, 3.05) is 20.6 Å². The van der Waals surface area contributed by atoms with Crippen LogP contribution < -0.4 is 0 Å². The summed E-state index contributed by atoms with van der Waals surface area (Å²) in [5, 5.41) is 0. The second-order valence-electron chi connectivity index (χ2n) is 4.47. The Hall–Kier alpha value is -0.0400. The summed E-state index contributed by atoms with van der Waals surface area (Å²) in [5.74, 6) is 0. The third-order valence-electron chi connectivity index (χ3n) is 2.16. The molecule has 0 saturated carbocycles. The Balaban J connectivity index is 3.54. The van der Waals surface area contributed by atoms with E-state index < -0.39 is 0 Å². The molecule has 1 heteroatoms. The van der Waals surface area contributed by atoms with Crippen LogP contribution in [0.5, 0.6) is 0 Å². The van der Waals surface area contributed by atoms with Gasteiger partial charge in [0, 0.05) is 0 Å². The molecule has 0 unspecified atom stereocenters. The molecule has 0 aliphatic carbocycles. The highest BCUT2D eigenvalue weighted by Gasteiger charge is 2.15. The molecule has 0 amide bonds. The summed E-state index contributed by atoms with van der Waals surface area (Å²) in [5.41, 5.74) is 0.541. The van der Waals surface area contributed by atoms with Crippen molar-refractivity contribution in [3.05, 3.63) is 0 Å². The van der Waals surface area contributed by atoms with Crippen LogP contribution in [0.3, 0.4) is 0 Å². The third kappa shape index (κ3) is 6.36. The van der Waals surface area contributed by atoms with Crippen LogP contribution in [0, 0.1) is 5.41 Å². The SMILES string of the molecule is CCCC(C)(C)CCN(C)C. The Labute approximate surface area is 71.8 Å². The monoisotopic (exact) mass is 157 g/mol. The molecule has 0 fully saturated rings. The predicted molar refractivity (Wildman–Crippen MR) is 51.9 cm³/mol. The first-order valence-electron chi connectivity index (χ1n) is 4.62. The minimum absolute atomic E-state index is 0.541. The van der Waals surface area contributed by atoms with Gasteiger partial charge in [-0.15, -0.1) is 0 Å². The minimum atomic E-state index is 0.541. The maximum atomic E-state index is 2.36. The maximum absolute atomic E-state index is 2.36. The van der Waals surface area contributed by atoms with Crippen molar-refractivity contribution in [3.63, 3.8) is 0 Å². The second-order valence-corrected chi connectivity index (χ2v) is 4.47. The van der Waals surface area contributed by atoms with Crippen LogP contribution >= 0.6 is 0 Å². The van der Waals surface area contributed by atoms with Gasteiger partial charge in [-0.2, -0.15) is 0 Å². The van der Waals surface area contributed by atoms with Crippen molar-refractivity contribution in [2.45, 2.75) is 40.0 Å². The molecule has 0 N–H and O–H groups in total. The van der Waals surface area contributed by atoms with E-state index in [9.17, 15) is 0 Å². The zero-order valence-electron chi connectivity index (χ0n) is 8.78. The first-order valence-corrected chi connectivity index (χ1v) is 4.62. The molecular formula is C10H23N. The standard InChI is InChI=1S/C10H23N/c1-6-7-10(2,3)8-9-11(4)5/h6-9H2,1-5H3. The highest BCUT2D eigenvalue weighted by Crippen LogP contribution is 2.26. The summed E-state index contributed by atoms with van der Waals surface area (Å²) in [4.78, 5) is 2.26. The molecule has 0 aliphatic rings. The van der Waals surface area contributed by atoms with Gasteiger partial charge in [-0.3, -0.25) is 0 Å². The van der Waals surface area contributed by atoms with Crippen molar-refractivity contribution in [3.8, 4) is 0 Å². The zero-order chi connectivity index (χ0) is 8.91. The van der Waals surface area contributed by atoms with E-state index in [4.69, 9.17) is 0 Å². The predicted octanol–water partition coefficient (Wildman–Crippen LogP) is 2.76. The highest BCUT2D eigenvalue weighted by molar-refractivity contribution is 4.68. The number of hydrogen-bond acceptors (Lipinski definition) is 1. The lowest BCUT2D eigenvalue weighted by Gasteiger charge is -2.25. The lowest BCUT2D eigenvalue weighted by atomic mass is 9.84. The normalized spacial score (nSPS) is 12.5. The van der Waals surface area contributed by atoms with Crippen LogP contribution in [-0.2, 0) is 0 Å². The zero-order valence-corrected chi connectivity index (χ0v) is 8.78. The Morgan fingerprint density at radius 1 is 1.09 bits per heavy atom. The maximum Gasteiger partial charge on any atom is -0.00197 e. The first-order chi connectivity index (χ1) is 4.98. The van der Waals surface area contributed by atoms with Gasteiger partial charge in [0.25, 0.3) is 0 Å². The molecule has 68 valence electrons. The van der Waals surface area contributed by atoms with Crippen LogP contribution in [-0.4, -0.2) is 25.5 Å². The molecule has 0 aliphatic heterocycles. The van der Waals surface area contributed by atoms with Gasteiger partial charge < -0.3 is 4.90 Å². The van der Waals surface area contributed by atoms with Gasteiger partial charge in [-0.1, -0.05) is 27.2 Å². The summed E-state index contributed by atoms with van der Waals surface area (Å²) >= 11 is 0. The van der Waals surface area contributed by atoms with E-state index in [1.807, 2.05) is 0 Å². The lowest BCUT2D eigenvalue weighted by Crippen LogP contribution is -2.21. The Bertz CT molecular complexity index is 95.0. The topological polar surface area (TPSA) is 3.24 Å². The van der Waals surface area contributed by atoms with Crippen molar-refractivity contribution < 1.29 is 0 Å². The van der Waals surface area contributed by atoms with Gasteiger partial charge in [0.2, 0.25) is 0 Å². The average Bonchev–Trinajstić information content (AvgIpc) is 1.84. The molecule has 0 rings (SSSR count). The Morgan fingerprint density at radius 2 is 1.64 bits per heavy atom. The van der Waals surface area contributed by atoms with Crippen LogP contribution in [0.4, 0.5) is 0 Å². The van der Waals surface area contributed by atoms with Crippen molar-refractivity contribution >= 4 is 0 Å². The van der Waals surface area contributed by atoms with Gasteiger partial charge in [0.1, 0.15) is 0 Å². The largest absolute Gasteiger partial charge is 0.309 e. The summed E-state index contributed by atoms with van der Waals surface area (Å²) in [7, 11) is 4.28. The van der Waals surface area contributed by atoms with Gasteiger partial charge >= 0.3 is 0 Å². The lowest BCUT2D eigenvalue weighted by molar-refractivity contribution is 0.256. The Morgan fingerprint density at radius 3 is 2.00 bits per heavy atom. The van der Waals surface area contributed by atoms with Crippen LogP contribution in [0.25, 0.3) is 0 Å². The minimum Gasteiger partial charge on any atom is -0.309 e. The molecule has 0 heterocycles. The smallest absolute Gasteiger partial charge is 0.00197 e. The van der Waals surface area contributed by atoms with E-state index in [2.05, 4.69) is 39.8 Å². The molecule has 0 atom stereocenters. The summed E-state index contributed by atoms with van der Waals surface area (Å²) in [6.45, 7) is 8.20. The van der Waals surface area contributed by atoms with Gasteiger partial charge in [0.15, 0.2) is 0 Å². The Kier molecular flexibility index (Phi) is 4.74. The molecule has 0 aromatic rings. The molecule has 0 aromatic carbocycles. The summed E-state index contributed by atoms with van der Waals surface area (Å²) in [6.07, 6.45) is 3.97. The van der Waals surface area contributed by atoms with Crippen molar-refractivity contribution in [1.82, 2.24) is 4.90 Å². The molecule has 0 saturated heterocycles. The average molecular weight is 157 g/mol. The quantitative estimate of drug-likeness (QED) is 0.593. The molecular weight excluding hydrogens is 134 g/mol. The van der Waals surface area contributed by atoms with Crippen molar-refractivity contribution in [2.24, 2.45) is 5.41 Å². The highest BCUT2D eigenvalue weighted by atomic mass is 15.0. The third-order valence-corrected chi connectivity index (χ3v) is 2.16. The van der Waals surface area contributed by atoms with E-state index >= 15 is 0 Å². The van der Waals surface area contributed by atoms with E-state index in [-0.39, 0.29) is 0 Å². The van der Waals surface area contributed by atoms with E-state index in [0.717, 1.165) is 0 Å². The molecule has 0 spiro atoms. The van der Waals surface area contributed by atoms with Crippen molar-refractivity contribution in [1.29, 1.82) is 0 Å². The number of hydrogen-bond donors (Lipinski definition) is 0. The molecule has 0 bridgehead atoms. The second kappa shape index (κ2) is 4.76. The van der Waals surface area contributed by atoms with Gasteiger partial charge in [-0.25, -0.2) is 0 Å². The fourth-order valence-electron chi connectivity index (χ4n) is 1.33. The van der Waals surface area contributed by atoms with E-state index in [1.165, 1.54) is 25.8 Å². The molecule has 11 heavy (non-hydrogen) atoms. The van der Waals surface area contributed by atoms with Crippen LogP contribution in [0.1, 0.15) is 40.0 Å². The number of nitrogens with zero attached hydrogens (tertiary/aromatic N) is 1. The summed E-state index contributed by atoms with van der Waals surface area (Å²) in [6, 6.07) is 0. The van der Waals surface area contributed by atoms with E-state index in [0.29, 0.717) is 5.41 Å². The molecule has 0 radical (unpaired) electrons. The fraction of sp³-hybridized carbons (Fsp3) is 1.00. The van der Waals surface area contributed by atoms with Gasteiger partial charge in [-0.05, 0) is 38.9 Å².